The van der Waals surface area contributed by atoms with Crippen LogP contribution in [0.3, 0.4) is 0 Å². The van der Waals surface area contributed by atoms with E-state index in [0.29, 0.717) is 13.2 Å². The number of hydrogen-bond acceptors (Lipinski definition) is 4. The Morgan fingerprint density at radius 2 is 2.10 bits per heavy atom. The van der Waals surface area contributed by atoms with E-state index in [2.05, 4.69) is 4.72 Å². The van der Waals surface area contributed by atoms with Crippen LogP contribution < -0.4 is 4.72 Å². The fraction of sp³-hybridized carbons (Fsp3) is 0.417. The SMILES string of the molecule is O=C(O)c1cc(S(=O)(=O)NCC2CCOC2)c(Cl)cc1Cl. The summed E-state index contributed by atoms with van der Waals surface area (Å²) < 4.78 is 32.0. The molecule has 116 valence electrons. The van der Waals surface area contributed by atoms with Crippen molar-refractivity contribution in [3.05, 3.63) is 27.7 Å². The molecule has 2 N–H and O–H groups in total. The number of nitrogens with one attached hydrogen (secondary N) is 1. The van der Waals surface area contributed by atoms with Crippen LogP contribution in [0.4, 0.5) is 0 Å². The van der Waals surface area contributed by atoms with Gasteiger partial charge in [0.1, 0.15) is 4.90 Å². The Labute approximate surface area is 132 Å². The van der Waals surface area contributed by atoms with Gasteiger partial charge >= 0.3 is 5.97 Å². The van der Waals surface area contributed by atoms with Crippen molar-refractivity contribution in [1.29, 1.82) is 0 Å². The molecular formula is C12H13Cl2NO5S. The second-order valence-electron chi connectivity index (χ2n) is 4.65. The highest BCUT2D eigenvalue weighted by atomic mass is 35.5. The van der Waals surface area contributed by atoms with Crippen molar-refractivity contribution in [2.45, 2.75) is 11.3 Å². The Morgan fingerprint density at radius 1 is 1.38 bits per heavy atom. The van der Waals surface area contributed by atoms with Crippen LogP contribution in [0.5, 0.6) is 0 Å². The van der Waals surface area contributed by atoms with Gasteiger partial charge in [0.25, 0.3) is 0 Å². The molecule has 0 spiro atoms. The number of benzene rings is 1. The quantitative estimate of drug-likeness (QED) is 0.844. The highest BCUT2D eigenvalue weighted by Gasteiger charge is 2.24. The predicted molar refractivity (Wildman–Crippen MR) is 77.5 cm³/mol. The molecule has 0 aromatic heterocycles. The number of hydrogen-bond donors (Lipinski definition) is 2. The molecule has 1 saturated heterocycles. The van der Waals surface area contributed by atoms with E-state index in [1.165, 1.54) is 0 Å². The fourth-order valence-electron chi connectivity index (χ4n) is 1.95. The van der Waals surface area contributed by atoms with E-state index in [1.807, 2.05) is 0 Å². The number of halogens is 2. The van der Waals surface area contributed by atoms with Gasteiger partial charge in [-0.1, -0.05) is 23.2 Å². The molecule has 1 aromatic rings. The molecule has 0 bridgehead atoms. The molecular weight excluding hydrogens is 341 g/mol. The van der Waals surface area contributed by atoms with Crippen molar-refractivity contribution in [1.82, 2.24) is 4.72 Å². The summed E-state index contributed by atoms with van der Waals surface area (Å²) in [7, 11) is -3.91. The number of sulfonamides is 1. The van der Waals surface area contributed by atoms with Crippen LogP contribution in [0.2, 0.25) is 10.0 Å². The molecule has 0 aliphatic carbocycles. The van der Waals surface area contributed by atoms with Crippen molar-refractivity contribution >= 4 is 39.2 Å². The lowest BCUT2D eigenvalue weighted by atomic mass is 10.1. The third-order valence-electron chi connectivity index (χ3n) is 3.13. The van der Waals surface area contributed by atoms with Gasteiger partial charge in [0.05, 0.1) is 22.2 Å². The molecule has 1 aliphatic heterocycles. The molecule has 0 saturated carbocycles. The van der Waals surface area contributed by atoms with Gasteiger partial charge in [-0.3, -0.25) is 0 Å². The summed E-state index contributed by atoms with van der Waals surface area (Å²) in [4.78, 5) is 10.7. The zero-order valence-corrected chi connectivity index (χ0v) is 13.1. The third kappa shape index (κ3) is 3.87. The first kappa shape index (κ1) is 16.5. The monoisotopic (exact) mass is 353 g/mol. The molecule has 1 unspecified atom stereocenters. The van der Waals surface area contributed by atoms with Gasteiger partial charge in [-0.25, -0.2) is 17.9 Å². The molecule has 0 radical (unpaired) electrons. The van der Waals surface area contributed by atoms with Gasteiger partial charge in [-0.05, 0) is 24.5 Å². The average molecular weight is 354 g/mol. The maximum Gasteiger partial charge on any atom is 0.337 e. The highest BCUT2D eigenvalue weighted by molar-refractivity contribution is 7.89. The summed E-state index contributed by atoms with van der Waals surface area (Å²) in [6, 6.07) is 2.07. The van der Waals surface area contributed by atoms with E-state index in [-0.39, 0.29) is 33.0 Å². The zero-order chi connectivity index (χ0) is 15.6. The fourth-order valence-corrected chi connectivity index (χ4v) is 3.92. The van der Waals surface area contributed by atoms with Crippen LogP contribution in [0.1, 0.15) is 16.8 Å². The molecule has 9 heteroatoms. The molecule has 1 fully saturated rings. The molecule has 2 rings (SSSR count). The van der Waals surface area contributed by atoms with Crippen molar-refractivity contribution in [3.63, 3.8) is 0 Å². The molecule has 6 nitrogen and oxygen atoms in total. The summed E-state index contributed by atoms with van der Waals surface area (Å²) in [6.45, 7) is 1.32. The van der Waals surface area contributed by atoms with E-state index >= 15 is 0 Å². The van der Waals surface area contributed by atoms with Gasteiger partial charge in [0, 0.05) is 13.2 Å². The van der Waals surface area contributed by atoms with Crippen LogP contribution in [0.25, 0.3) is 0 Å². The molecule has 21 heavy (non-hydrogen) atoms. The van der Waals surface area contributed by atoms with Crippen LogP contribution in [-0.4, -0.2) is 39.3 Å². The maximum atomic E-state index is 12.2. The first-order valence-electron chi connectivity index (χ1n) is 6.11. The van der Waals surface area contributed by atoms with Crippen LogP contribution in [0, 0.1) is 5.92 Å². The lowest BCUT2D eigenvalue weighted by Gasteiger charge is -2.12. The van der Waals surface area contributed by atoms with Gasteiger partial charge in [-0.2, -0.15) is 0 Å². The Kier molecular flexibility index (Phi) is 5.11. The van der Waals surface area contributed by atoms with Crippen LogP contribution in [0.15, 0.2) is 17.0 Å². The summed E-state index contributed by atoms with van der Waals surface area (Å²) in [6.07, 6.45) is 0.775. The largest absolute Gasteiger partial charge is 0.478 e. The number of carboxylic acid groups (broad SMARTS) is 1. The van der Waals surface area contributed by atoms with Gasteiger partial charge in [0.15, 0.2) is 0 Å². The average Bonchev–Trinajstić information content (AvgIpc) is 2.88. The minimum absolute atomic E-state index is 0.102. The number of rotatable bonds is 5. The minimum atomic E-state index is -3.91. The number of ether oxygens (including phenoxy) is 1. The summed E-state index contributed by atoms with van der Waals surface area (Å²) in [5.41, 5.74) is -0.314. The molecule has 1 heterocycles. The van der Waals surface area contributed by atoms with Gasteiger partial charge in [0.2, 0.25) is 10.0 Å². The normalized spacial score (nSPS) is 18.9. The van der Waals surface area contributed by atoms with Crippen LogP contribution >= 0.6 is 23.2 Å². The van der Waals surface area contributed by atoms with Gasteiger partial charge < -0.3 is 9.84 Å². The molecule has 0 amide bonds. The summed E-state index contributed by atoms with van der Waals surface area (Å²) in [5, 5.41) is 8.75. The lowest BCUT2D eigenvalue weighted by Crippen LogP contribution is -2.30. The van der Waals surface area contributed by atoms with E-state index in [0.717, 1.165) is 18.6 Å². The molecule has 1 aliphatic rings. The Balaban J connectivity index is 2.26. The first-order chi connectivity index (χ1) is 9.81. The van der Waals surface area contributed by atoms with Crippen molar-refractivity contribution in [3.8, 4) is 0 Å². The number of aromatic carboxylic acids is 1. The van der Waals surface area contributed by atoms with E-state index < -0.39 is 16.0 Å². The lowest BCUT2D eigenvalue weighted by molar-refractivity contribution is 0.0697. The van der Waals surface area contributed by atoms with Crippen molar-refractivity contribution < 1.29 is 23.1 Å². The highest BCUT2D eigenvalue weighted by Crippen LogP contribution is 2.28. The van der Waals surface area contributed by atoms with Crippen molar-refractivity contribution in [2.75, 3.05) is 19.8 Å². The standard InChI is InChI=1S/C12H13Cl2NO5S/c13-9-4-10(14)11(3-8(9)12(16)17)21(18,19)15-5-7-1-2-20-6-7/h3-4,7,15H,1-2,5-6H2,(H,16,17). The second kappa shape index (κ2) is 6.50. The number of carbonyl (C=O) groups is 1. The second-order valence-corrected chi connectivity index (χ2v) is 7.20. The topological polar surface area (TPSA) is 92.7 Å². The first-order valence-corrected chi connectivity index (χ1v) is 8.35. The third-order valence-corrected chi connectivity index (χ3v) is 5.33. The minimum Gasteiger partial charge on any atom is -0.478 e. The van der Waals surface area contributed by atoms with E-state index in [1.54, 1.807) is 0 Å². The molecule has 1 aromatic carbocycles. The smallest absolute Gasteiger partial charge is 0.337 e. The Bertz CT molecular complexity index is 656. The van der Waals surface area contributed by atoms with E-state index in [9.17, 15) is 13.2 Å². The summed E-state index contributed by atoms with van der Waals surface area (Å²) in [5.74, 6) is -1.22. The molecule has 1 atom stereocenters. The van der Waals surface area contributed by atoms with E-state index in [4.69, 9.17) is 33.0 Å². The zero-order valence-electron chi connectivity index (χ0n) is 10.8. The maximum absolute atomic E-state index is 12.2. The predicted octanol–water partition coefficient (Wildman–Crippen LogP) is 2.01. The van der Waals surface area contributed by atoms with Gasteiger partial charge in [-0.15, -0.1) is 0 Å². The number of carboxylic acids is 1. The van der Waals surface area contributed by atoms with Crippen LogP contribution in [-0.2, 0) is 14.8 Å². The van der Waals surface area contributed by atoms with Crippen molar-refractivity contribution in [2.24, 2.45) is 5.92 Å². The Morgan fingerprint density at radius 3 is 2.67 bits per heavy atom. The Hall–Kier alpha value is -0.860. The summed E-state index contributed by atoms with van der Waals surface area (Å²) >= 11 is 11.6.